The van der Waals surface area contributed by atoms with Crippen LogP contribution in [-0.2, 0) is 11.2 Å². The minimum absolute atomic E-state index is 0.0505. The van der Waals surface area contributed by atoms with Gasteiger partial charge in [0.25, 0.3) is 5.91 Å². The summed E-state index contributed by atoms with van der Waals surface area (Å²) in [5, 5.41) is 3.10. The van der Waals surface area contributed by atoms with Crippen LogP contribution >= 0.6 is 0 Å². The van der Waals surface area contributed by atoms with Gasteiger partial charge in [-0.15, -0.1) is 0 Å². The quantitative estimate of drug-likeness (QED) is 0.920. The van der Waals surface area contributed by atoms with Gasteiger partial charge in [-0.2, -0.15) is 0 Å². The number of benzene rings is 1. The summed E-state index contributed by atoms with van der Waals surface area (Å²) in [7, 11) is 0. The number of carbonyl (C=O) groups excluding carboxylic acids is 2. The van der Waals surface area contributed by atoms with Crippen molar-refractivity contribution < 1.29 is 14.0 Å². The van der Waals surface area contributed by atoms with Crippen molar-refractivity contribution in [2.24, 2.45) is 0 Å². The van der Waals surface area contributed by atoms with Crippen molar-refractivity contribution in [3.63, 3.8) is 0 Å². The maximum Gasteiger partial charge on any atom is 0.290 e. The van der Waals surface area contributed by atoms with Gasteiger partial charge in [-0.05, 0) is 55.4 Å². The van der Waals surface area contributed by atoms with E-state index in [4.69, 9.17) is 4.42 Å². The number of hydrogen-bond donors (Lipinski definition) is 1. The highest BCUT2D eigenvalue weighted by atomic mass is 16.3. The molecule has 1 aromatic carbocycles. The number of carbonyl (C=O) groups is 2. The van der Waals surface area contributed by atoms with Gasteiger partial charge in [0.2, 0.25) is 5.91 Å². The molecule has 2 heterocycles. The van der Waals surface area contributed by atoms with E-state index in [0.29, 0.717) is 31.2 Å². The van der Waals surface area contributed by atoms with Gasteiger partial charge in [0.15, 0.2) is 5.76 Å². The molecule has 2 aromatic rings. The molecule has 2 amide bonds. The zero-order valence-corrected chi connectivity index (χ0v) is 14.8. The molecule has 0 saturated carbocycles. The van der Waals surface area contributed by atoms with E-state index in [1.54, 1.807) is 17.0 Å². The van der Waals surface area contributed by atoms with Gasteiger partial charge in [0.1, 0.15) is 6.04 Å². The van der Waals surface area contributed by atoms with E-state index < -0.39 is 6.04 Å². The molecule has 1 saturated heterocycles. The fourth-order valence-electron chi connectivity index (χ4n) is 4.23. The Labute approximate surface area is 153 Å². The smallest absolute Gasteiger partial charge is 0.290 e. The van der Waals surface area contributed by atoms with Crippen LogP contribution in [0.2, 0.25) is 0 Å². The first-order chi connectivity index (χ1) is 12.7. The first-order valence-electron chi connectivity index (χ1n) is 9.44. The molecule has 0 radical (unpaired) electrons. The van der Waals surface area contributed by atoms with E-state index >= 15 is 0 Å². The predicted octanol–water partition coefficient (Wildman–Crippen LogP) is 3.12. The third-order valence-corrected chi connectivity index (χ3v) is 5.56. The Morgan fingerprint density at radius 1 is 1.12 bits per heavy atom. The second kappa shape index (κ2) is 7.36. The Bertz CT molecular complexity index is 784. The number of hydrogen-bond acceptors (Lipinski definition) is 3. The van der Waals surface area contributed by atoms with Crippen molar-refractivity contribution in [1.82, 2.24) is 10.2 Å². The minimum Gasteiger partial charge on any atom is -0.459 e. The maximum atomic E-state index is 12.7. The zero-order chi connectivity index (χ0) is 17.9. The van der Waals surface area contributed by atoms with E-state index in [1.165, 1.54) is 17.4 Å². The molecule has 1 aliphatic heterocycles. The lowest BCUT2D eigenvalue weighted by atomic mass is 9.83. The van der Waals surface area contributed by atoms with Crippen molar-refractivity contribution in [2.45, 2.75) is 44.1 Å². The van der Waals surface area contributed by atoms with Crippen LogP contribution in [0.1, 0.15) is 53.3 Å². The minimum atomic E-state index is -0.397. The number of amides is 2. The van der Waals surface area contributed by atoms with Crippen molar-refractivity contribution in [1.29, 1.82) is 0 Å². The maximum absolute atomic E-state index is 12.7. The summed E-state index contributed by atoms with van der Waals surface area (Å²) in [5.41, 5.74) is 2.75. The highest BCUT2D eigenvalue weighted by molar-refractivity contribution is 5.96. The van der Waals surface area contributed by atoms with Gasteiger partial charge in [0, 0.05) is 19.0 Å². The zero-order valence-electron chi connectivity index (χ0n) is 14.8. The SMILES string of the molecule is O=C(NCC1CCCc2ccccc21)C1CCCN1C(=O)c1ccco1. The number of furan rings is 1. The van der Waals surface area contributed by atoms with Crippen LogP contribution in [0.15, 0.2) is 47.1 Å². The van der Waals surface area contributed by atoms with Crippen LogP contribution in [0.25, 0.3) is 0 Å². The standard InChI is InChI=1S/C21H24N2O3/c24-20(18-10-4-12-23(18)21(25)19-11-5-13-26-19)22-14-16-8-3-7-15-6-1-2-9-17(15)16/h1-2,5-6,9,11,13,16,18H,3-4,7-8,10,12,14H2,(H,22,24). The molecule has 0 bridgehead atoms. The molecule has 26 heavy (non-hydrogen) atoms. The molecule has 4 rings (SSSR count). The van der Waals surface area contributed by atoms with Gasteiger partial charge in [-0.1, -0.05) is 24.3 Å². The molecule has 0 spiro atoms. The molecule has 1 aliphatic carbocycles. The first-order valence-corrected chi connectivity index (χ1v) is 9.44. The fraction of sp³-hybridized carbons (Fsp3) is 0.429. The van der Waals surface area contributed by atoms with Gasteiger partial charge in [0.05, 0.1) is 6.26 Å². The number of rotatable bonds is 4. The van der Waals surface area contributed by atoms with Crippen LogP contribution < -0.4 is 5.32 Å². The van der Waals surface area contributed by atoms with Gasteiger partial charge in [-0.25, -0.2) is 0 Å². The topological polar surface area (TPSA) is 62.6 Å². The molecular formula is C21H24N2O3. The highest BCUT2D eigenvalue weighted by Gasteiger charge is 2.35. The average Bonchev–Trinajstić information content (AvgIpc) is 3.37. The van der Waals surface area contributed by atoms with E-state index in [1.807, 2.05) is 0 Å². The second-order valence-electron chi connectivity index (χ2n) is 7.17. The largest absolute Gasteiger partial charge is 0.459 e. The van der Waals surface area contributed by atoms with Gasteiger partial charge < -0.3 is 14.6 Å². The number of likely N-dealkylation sites (tertiary alicyclic amines) is 1. The summed E-state index contributed by atoms with van der Waals surface area (Å²) < 4.78 is 5.21. The van der Waals surface area contributed by atoms with E-state index in [-0.39, 0.29) is 11.8 Å². The van der Waals surface area contributed by atoms with Crippen LogP contribution in [0.5, 0.6) is 0 Å². The number of nitrogens with zero attached hydrogens (tertiary/aromatic N) is 1. The summed E-state index contributed by atoms with van der Waals surface area (Å²) in [4.78, 5) is 26.9. The van der Waals surface area contributed by atoms with E-state index in [2.05, 4.69) is 29.6 Å². The van der Waals surface area contributed by atoms with E-state index in [0.717, 1.165) is 25.7 Å². The Kier molecular flexibility index (Phi) is 4.78. The Morgan fingerprint density at radius 2 is 2.00 bits per heavy atom. The lowest BCUT2D eigenvalue weighted by Crippen LogP contribution is -2.46. The molecule has 5 heteroatoms. The molecule has 2 aliphatic rings. The average molecular weight is 352 g/mol. The lowest BCUT2D eigenvalue weighted by molar-refractivity contribution is -0.124. The van der Waals surface area contributed by atoms with Crippen LogP contribution in [0, 0.1) is 0 Å². The second-order valence-corrected chi connectivity index (χ2v) is 7.17. The van der Waals surface area contributed by atoms with Crippen molar-refractivity contribution in [2.75, 3.05) is 13.1 Å². The molecular weight excluding hydrogens is 328 g/mol. The number of nitrogens with one attached hydrogen (secondary N) is 1. The molecule has 136 valence electrons. The first kappa shape index (κ1) is 16.9. The summed E-state index contributed by atoms with van der Waals surface area (Å²) in [6, 6.07) is 11.5. The van der Waals surface area contributed by atoms with Crippen molar-refractivity contribution >= 4 is 11.8 Å². The summed E-state index contributed by atoms with van der Waals surface area (Å²) >= 11 is 0. The molecule has 1 aromatic heterocycles. The molecule has 2 atom stereocenters. The van der Waals surface area contributed by atoms with Crippen molar-refractivity contribution in [3.05, 3.63) is 59.5 Å². The Morgan fingerprint density at radius 3 is 2.85 bits per heavy atom. The summed E-state index contributed by atoms with van der Waals surface area (Å²) in [5.74, 6) is 0.409. The third-order valence-electron chi connectivity index (χ3n) is 5.56. The van der Waals surface area contributed by atoms with Crippen LogP contribution in [0.4, 0.5) is 0 Å². The molecule has 1 N–H and O–H groups in total. The highest BCUT2D eigenvalue weighted by Crippen LogP contribution is 2.31. The van der Waals surface area contributed by atoms with Crippen LogP contribution in [0.3, 0.4) is 0 Å². The summed E-state index contributed by atoms with van der Waals surface area (Å²) in [6.07, 6.45) is 6.41. The molecule has 2 unspecified atom stereocenters. The third kappa shape index (κ3) is 3.26. The number of fused-ring (bicyclic) bond motifs is 1. The Hall–Kier alpha value is -2.56. The number of aryl methyl sites for hydroxylation is 1. The monoisotopic (exact) mass is 352 g/mol. The van der Waals surface area contributed by atoms with Gasteiger partial charge >= 0.3 is 0 Å². The van der Waals surface area contributed by atoms with Crippen LogP contribution in [-0.4, -0.2) is 35.8 Å². The molecule has 1 fully saturated rings. The fourth-order valence-corrected chi connectivity index (χ4v) is 4.23. The summed E-state index contributed by atoms with van der Waals surface area (Å²) in [6.45, 7) is 1.24. The predicted molar refractivity (Wildman–Crippen MR) is 97.9 cm³/mol. The van der Waals surface area contributed by atoms with Gasteiger partial charge in [-0.3, -0.25) is 9.59 Å². The Balaban J connectivity index is 1.40. The molecule has 5 nitrogen and oxygen atoms in total. The van der Waals surface area contributed by atoms with E-state index in [9.17, 15) is 9.59 Å². The van der Waals surface area contributed by atoms with Crippen molar-refractivity contribution in [3.8, 4) is 0 Å². The normalized spacial score (nSPS) is 22.1. The lowest BCUT2D eigenvalue weighted by Gasteiger charge is -2.27.